The zero-order valence-electron chi connectivity index (χ0n) is 10.1. The molecule has 1 rings (SSSR count). The van der Waals surface area contributed by atoms with Crippen molar-refractivity contribution in [1.82, 2.24) is 5.32 Å². The third-order valence-electron chi connectivity index (χ3n) is 2.84. The molecule has 5 N–H and O–H groups in total. The summed E-state index contributed by atoms with van der Waals surface area (Å²) in [5.41, 5.74) is -1.26. The lowest BCUT2D eigenvalue weighted by Gasteiger charge is -2.28. The molecule has 0 spiro atoms. The van der Waals surface area contributed by atoms with Gasteiger partial charge in [0.15, 0.2) is 0 Å². The minimum Gasteiger partial charge on any atom is -0.478 e. The molecule has 0 radical (unpaired) electrons. The van der Waals surface area contributed by atoms with Crippen molar-refractivity contribution >= 4 is 5.97 Å². The van der Waals surface area contributed by atoms with Crippen molar-refractivity contribution in [3.8, 4) is 0 Å². The summed E-state index contributed by atoms with van der Waals surface area (Å²) in [6.45, 7) is -1.40. The summed E-state index contributed by atoms with van der Waals surface area (Å²) in [5, 5.41) is 38.7. The zero-order valence-corrected chi connectivity index (χ0v) is 10.1. The number of carbonyl (C=O) groups is 1. The van der Waals surface area contributed by atoms with Gasteiger partial charge in [-0.25, -0.2) is 9.18 Å². The van der Waals surface area contributed by atoms with Crippen molar-refractivity contribution in [2.45, 2.75) is 12.1 Å². The first-order valence-electron chi connectivity index (χ1n) is 5.57. The van der Waals surface area contributed by atoms with Crippen molar-refractivity contribution in [3.63, 3.8) is 0 Å². The number of rotatable bonds is 7. The molecular formula is C12H16FNO5. The van der Waals surface area contributed by atoms with E-state index < -0.39 is 42.7 Å². The van der Waals surface area contributed by atoms with Crippen molar-refractivity contribution in [3.05, 3.63) is 35.1 Å². The molecule has 0 bridgehead atoms. The van der Waals surface area contributed by atoms with E-state index in [4.69, 9.17) is 20.4 Å². The number of carboxylic acids is 1. The van der Waals surface area contributed by atoms with Gasteiger partial charge in [-0.2, -0.15) is 0 Å². The summed E-state index contributed by atoms with van der Waals surface area (Å²) in [6, 6.07) is 3.59. The van der Waals surface area contributed by atoms with Crippen molar-refractivity contribution < 1.29 is 29.6 Å². The largest absolute Gasteiger partial charge is 0.478 e. The van der Waals surface area contributed by atoms with E-state index in [2.05, 4.69) is 5.32 Å². The number of aliphatic hydroxyl groups excluding tert-OH is 3. The van der Waals surface area contributed by atoms with Gasteiger partial charge in [-0.1, -0.05) is 6.07 Å². The fourth-order valence-electron chi connectivity index (χ4n) is 1.45. The van der Waals surface area contributed by atoms with Gasteiger partial charge in [-0.3, -0.25) is 0 Å². The number of benzene rings is 1. The third-order valence-corrected chi connectivity index (χ3v) is 2.84. The van der Waals surface area contributed by atoms with E-state index in [1.165, 1.54) is 6.07 Å². The van der Waals surface area contributed by atoms with Crippen LogP contribution in [0.3, 0.4) is 0 Å². The molecule has 0 atom stereocenters. The number of halogens is 1. The van der Waals surface area contributed by atoms with Gasteiger partial charge in [0.2, 0.25) is 0 Å². The number of carboxylic acid groups (broad SMARTS) is 1. The van der Waals surface area contributed by atoms with Gasteiger partial charge in [0.05, 0.1) is 30.9 Å². The second kappa shape index (κ2) is 6.58. The first-order valence-corrected chi connectivity index (χ1v) is 5.57. The molecule has 0 amide bonds. The Balaban J connectivity index is 2.78. The lowest BCUT2D eigenvalue weighted by molar-refractivity contribution is 0.0413. The Hall–Kier alpha value is -1.54. The quantitative estimate of drug-likeness (QED) is 0.451. The minimum absolute atomic E-state index is 0.0680. The Bertz CT molecular complexity index is 439. The summed E-state index contributed by atoms with van der Waals surface area (Å²) in [5.74, 6) is -2.22. The van der Waals surface area contributed by atoms with Crippen LogP contribution in [0.5, 0.6) is 0 Å². The van der Waals surface area contributed by atoms with Gasteiger partial charge in [0.1, 0.15) is 5.82 Å². The molecule has 0 aliphatic heterocycles. The smallest absolute Gasteiger partial charge is 0.338 e. The Kier molecular flexibility index (Phi) is 5.37. The molecule has 1 aromatic rings. The Labute approximate surface area is 109 Å². The van der Waals surface area contributed by atoms with Gasteiger partial charge in [-0.15, -0.1) is 0 Å². The molecule has 0 saturated heterocycles. The Morgan fingerprint density at radius 3 is 2.21 bits per heavy atom. The summed E-state index contributed by atoms with van der Waals surface area (Å²) in [6.07, 6.45) is 0. The van der Waals surface area contributed by atoms with E-state index >= 15 is 0 Å². The number of hydrogen-bond acceptors (Lipinski definition) is 5. The highest BCUT2D eigenvalue weighted by Crippen LogP contribution is 2.12. The predicted octanol–water partition coefficient (Wildman–Crippen LogP) is -0.671. The van der Waals surface area contributed by atoms with Crippen molar-refractivity contribution in [1.29, 1.82) is 0 Å². The van der Waals surface area contributed by atoms with Crippen LogP contribution in [-0.4, -0.2) is 51.8 Å². The molecule has 0 aliphatic carbocycles. The molecule has 0 fully saturated rings. The molecule has 0 saturated carbocycles. The maximum absolute atomic E-state index is 13.4. The molecule has 0 aliphatic rings. The van der Waals surface area contributed by atoms with E-state index in [0.717, 1.165) is 12.1 Å². The summed E-state index contributed by atoms with van der Waals surface area (Å²) in [4.78, 5) is 10.6. The fraction of sp³-hybridized carbons (Fsp3) is 0.417. The summed E-state index contributed by atoms with van der Waals surface area (Å²) >= 11 is 0. The molecule has 0 aromatic heterocycles. The van der Waals surface area contributed by atoms with Crippen LogP contribution in [0.15, 0.2) is 18.2 Å². The number of hydrogen-bond donors (Lipinski definition) is 5. The van der Waals surface area contributed by atoms with Crippen LogP contribution >= 0.6 is 0 Å². The standard InChI is InChI=1S/C12H16FNO5/c13-10-3-8(1-2-9(10)11(18)19)4-14-12(5-15,6-16)7-17/h1-3,14-17H,4-7H2,(H,18,19). The topological polar surface area (TPSA) is 110 Å². The van der Waals surface area contributed by atoms with Gasteiger partial charge in [0.25, 0.3) is 0 Å². The maximum atomic E-state index is 13.4. The second-order valence-corrected chi connectivity index (χ2v) is 4.23. The molecule has 7 heteroatoms. The number of nitrogens with one attached hydrogen (secondary N) is 1. The molecule has 6 nitrogen and oxygen atoms in total. The average Bonchev–Trinajstić information content (AvgIpc) is 2.40. The van der Waals surface area contributed by atoms with Crippen LogP contribution in [0.4, 0.5) is 4.39 Å². The fourth-order valence-corrected chi connectivity index (χ4v) is 1.45. The van der Waals surface area contributed by atoms with Crippen LogP contribution in [0.1, 0.15) is 15.9 Å². The van der Waals surface area contributed by atoms with Gasteiger partial charge < -0.3 is 25.7 Å². The van der Waals surface area contributed by atoms with Crippen LogP contribution in [-0.2, 0) is 6.54 Å². The lowest BCUT2D eigenvalue weighted by Crippen LogP contribution is -2.54. The van der Waals surface area contributed by atoms with Crippen LogP contribution in [0, 0.1) is 5.82 Å². The van der Waals surface area contributed by atoms with Gasteiger partial charge in [0, 0.05) is 6.54 Å². The molecular weight excluding hydrogens is 257 g/mol. The van der Waals surface area contributed by atoms with Crippen molar-refractivity contribution in [2.75, 3.05) is 19.8 Å². The third kappa shape index (κ3) is 3.71. The van der Waals surface area contributed by atoms with E-state index in [9.17, 15) is 9.18 Å². The average molecular weight is 273 g/mol. The molecule has 1 aromatic carbocycles. The maximum Gasteiger partial charge on any atom is 0.338 e. The van der Waals surface area contributed by atoms with Crippen LogP contribution < -0.4 is 5.32 Å². The van der Waals surface area contributed by atoms with Crippen LogP contribution in [0.25, 0.3) is 0 Å². The van der Waals surface area contributed by atoms with Crippen molar-refractivity contribution in [2.24, 2.45) is 0 Å². The highest BCUT2D eigenvalue weighted by Gasteiger charge is 2.27. The SMILES string of the molecule is O=C(O)c1ccc(CNC(CO)(CO)CO)cc1F. The Morgan fingerprint density at radius 2 is 1.79 bits per heavy atom. The highest BCUT2D eigenvalue weighted by atomic mass is 19.1. The zero-order chi connectivity index (χ0) is 14.5. The van der Waals surface area contributed by atoms with Gasteiger partial charge >= 0.3 is 5.97 Å². The highest BCUT2D eigenvalue weighted by molar-refractivity contribution is 5.87. The van der Waals surface area contributed by atoms with E-state index in [0.29, 0.717) is 5.56 Å². The van der Waals surface area contributed by atoms with E-state index in [1.807, 2.05) is 0 Å². The van der Waals surface area contributed by atoms with Gasteiger partial charge in [-0.05, 0) is 17.7 Å². The van der Waals surface area contributed by atoms with Crippen LogP contribution in [0.2, 0.25) is 0 Å². The number of aliphatic hydroxyl groups is 3. The van der Waals surface area contributed by atoms with E-state index in [1.54, 1.807) is 0 Å². The molecule has 19 heavy (non-hydrogen) atoms. The lowest BCUT2D eigenvalue weighted by atomic mass is 10.0. The summed E-state index contributed by atoms with van der Waals surface area (Å²) < 4.78 is 13.4. The monoisotopic (exact) mass is 273 g/mol. The summed E-state index contributed by atoms with van der Waals surface area (Å²) in [7, 11) is 0. The first kappa shape index (κ1) is 15.5. The Morgan fingerprint density at radius 1 is 1.21 bits per heavy atom. The minimum atomic E-state index is -1.35. The molecule has 106 valence electrons. The van der Waals surface area contributed by atoms with E-state index in [-0.39, 0.29) is 6.54 Å². The number of aromatic carboxylic acids is 1. The first-order chi connectivity index (χ1) is 8.98. The molecule has 0 heterocycles. The molecule has 0 unspecified atom stereocenters. The predicted molar refractivity (Wildman–Crippen MR) is 64.2 cm³/mol. The normalized spacial score (nSPS) is 11.6. The second-order valence-electron chi connectivity index (χ2n) is 4.23.